The van der Waals surface area contributed by atoms with E-state index in [-0.39, 0.29) is 35.9 Å². The molecule has 0 saturated carbocycles. The van der Waals surface area contributed by atoms with E-state index in [9.17, 15) is 18.0 Å². The maximum Gasteiger partial charge on any atom is 0.441 e. The summed E-state index contributed by atoms with van der Waals surface area (Å²) >= 11 is -0.117. The predicted molar refractivity (Wildman–Crippen MR) is 47.9 cm³/mol. The Morgan fingerprint density at radius 3 is 2.57 bits per heavy atom. The summed E-state index contributed by atoms with van der Waals surface area (Å²) in [6.07, 6.45) is 0. The fourth-order valence-electron chi connectivity index (χ4n) is 0.959. The topological polar surface area (TPSA) is 41.1 Å². The third-order valence-electron chi connectivity index (χ3n) is 1.82. The van der Waals surface area contributed by atoms with E-state index in [1.54, 1.807) is 0 Å². The Bertz CT molecular complexity index is 206. The zero-order valence-corrected chi connectivity index (χ0v) is 8.17. The Morgan fingerprint density at radius 2 is 2.14 bits per heavy atom. The number of rotatable bonds is 4. The molecule has 1 aliphatic heterocycles. The molecule has 0 spiro atoms. The highest BCUT2D eigenvalue weighted by atomic mass is 32.2. The Morgan fingerprint density at radius 1 is 1.50 bits per heavy atom. The van der Waals surface area contributed by atoms with Crippen molar-refractivity contribution in [3.05, 3.63) is 0 Å². The first-order valence-electron chi connectivity index (χ1n) is 4.18. The standard InChI is InChI=1S/C7H11F3N2OS/c8-7(9,10)14-2-1-12-6(13)5-3-11-4-5/h5,11H,1-4H2,(H,12,13). The van der Waals surface area contributed by atoms with Crippen LogP contribution in [0.1, 0.15) is 0 Å². The van der Waals surface area contributed by atoms with Crippen LogP contribution in [0, 0.1) is 5.92 Å². The maximum absolute atomic E-state index is 11.7. The molecule has 0 unspecified atom stereocenters. The van der Waals surface area contributed by atoms with Crippen LogP contribution in [0.4, 0.5) is 13.2 Å². The minimum Gasteiger partial charge on any atom is -0.355 e. The number of thioether (sulfide) groups is 1. The molecule has 82 valence electrons. The molecule has 1 heterocycles. The summed E-state index contributed by atoms with van der Waals surface area (Å²) in [5.41, 5.74) is -4.21. The van der Waals surface area contributed by atoms with Crippen LogP contribution >= 0.6 is 11.8 Å². The molecular weight excluding hydrogens is 217 g/mol. The number of hydrogen-bond donors (Lipinski definition) is 2. The molecule has 0 aliphatic carbocycles. The molecule has 0 atom stereocenters. The van der Waals surface area contributed by atoms with E-state index in [1.807, 2.05) is 0 Å². The molecule has 3 nitrogen and oxygen atoms in total. The first kappa shape index (κ1) is 11.6. The summed E-state index contributed by atoms with van der Waals surface area (Å²) in [5.74, 6) is -0.354. The van der Waals surface area contributed by atoms with E-state index in [4.69, 9.17) is 0 Å². The number of hydrogen-bond acceptors (Lipinski definition) is 3. The smallest absolute Gasteiger partial charge is 0.355 e. The highest BCUT2D eigenvalue weighted by Crippen LogP contribution is 2.29. The molecule has 1 fully saturated rings. The Hall–Kier alpha value is -0.430. The normalized spacial score (nSPS) is 17.6. The van der Waals surface area contributed by atoms with Crippen molar-refractivity contribution >= 4 is 17.7 Å². The molecule has 0 bridgehead atoms. The fourth-order valence-corrected chi connectivity index (χ4v) is 1.39. The van der Waals surface area contributed by atoms with E-state index < -0.39 is 5.51 Å². The summed E-state index contributed by atoms with van der Waals surface area (Å²) in [7, 11) is 0. The number of amides is 1. The second-order valence-electron chi connectivity index (χ2n) is 2.94. The van der Waals surface area contributed by atoms with Crippen LogP contribution in [0.3, 0.4) is 0 Å². The average molecular weight is 228 g/mol. The van der Waals surface area contributed by atoms with Crippen molar-refractivity contribution in [1.29, 1.82) is 0 Å². The van der Waals surface area contributed by atoms with E-state index in [1.165, 1.54) is 0 Å². The van der Waals surface area contributed by atoms with Gasteiger partial charge in [-0.1, -0.05) is 0 Å². The Labute approximate surface area is 83.8 Å². The molecule has 1 saturated heterocycles. The van der Waals surface area contributed by atoms with Gasteiger partial charge in [-0.05, 0) is 11.8 Å². The Kier molecular flexibility index (Phi) is 4.06. The molecule has 1 amide bonds. The van der Waals surface area contributed by atoms with Gasteiger partial charge in [-0.25, -0.2) is 0 Å². The molecule has 0 aromatic heterocycles. The van der Waals surface area contributed by atoms with Gasteiger partial charge in [0.2, 0.25) is 5.91 Å². The maximum atomic E-state index is 11.7. The van der Waals surface area contributed by atoms with Crippen LogP contribution in [0.25, 0.3) is 0 Å². The molecule has 0 aromatic carbocycles. The SMILES string of the molecule is O=C(NCCSC(F)(F)F)C1CNC1. The van der Waals surface area contributed by atoms with Crippen molar-refractivity contribution in [2.75, 3.05) is 25.4 Å². The van der Waals surface area contributed by atoms with Gasteiger partial charge in [0.15, 0.2) is 0 Å². The summed E-state index contributed by atoms with van der Waals surface area (Å²) < 4.78 is 35.0. The van der Waals surface area contributed by atoms with Gasteiger partial charge >= 0.3 is 5.51 Å². The van der Waals surface area contributed by atoms with Crippen molar-refractivity contribution in [2.45, 2.75) is 5.51 Å². The second-order valence-corrected chi connectivity index (χ2v) is 4.10. The second kappa shape index (κ2) is 4.88. The van der Waals surface area contributed by atoms with E-state index >= 15 is 0 Å². The van der Waals surface area contributed by atoms with Crippen LogP contribution in [-0.2, 0) is 4.79 Å². The van der Waals surface area contributed by atoms with Gasteiger partial charge in [-0.2, -0.15) is 13.2 Å². The molecule has 1 rings (SSSR count). The van der Waals surface area contributed by atoms with Crippen molar-refractivity contribution in [2.24, 2.45) is 5.92 Å². The number of alkyl halides is 3. The van der Waals surface area contributed by atoms with Crippen LogP contribution in [-0.4, -0.2) is 36.8 Å². The van der Waals surface area contributed by atoms with Crippen molar-refractivity contribution in [1.82, 2.24) is 10.6 Å². The lowest BCUT2D eigenvalue weighted by Gasteiger charge is -2.25. The van der Waals surface area contributed by atoms with Crippen LogP contribution in [0.15, 0.2) is 0 Å². The summed E-state index contributed by atoms with van der Waals surface area (Å²) in [5, 5.41) is 5.37. The molecule has 1 aliphatic rings. The number of carbonyl (C=O) groups is 1. The van der Waals surface area contributed by atoms with Crippen molar-refractivity contribution < 1.29 is 18.0 Å². The van der Waals surface area contributed by atoms with Gasteiger partial charge in [0.25, 0.3) is 0 Å². The van der Waals surface area contributed by atoms with Gasteiger partial charge in [0, 0.05) is 25.4 Å². The zero-order valence-electron chi connectivity index (χ0n) is 7.36. The van der Waals surface area contributed by atoms with Crippen LogP contribution in [0.5, 0.6) is 0 Å². The fraction of sp³-hybridized carbons (Fsp3) is 0.857. The first-order chi connectivity index (χ1) is 6.49. The monoisotopic (exact) mass is 228 g/mol. The Balaban J connectivity index is 2.00. The largest absolute Gasteiger partial charge is 0.441 e. The van der Waals surface area contributed by atoms with E-state index in [2.05, 4.69) is 10.6 Å². The predicted octanol–water partition coefficient (Wildman–Crippen LogP) is 0.575. The quantitative estimate of drug-likeness (QED) is 0.691. The number of carbonyl (C=O) groups excluding carboxylic acids is 1. The van der Waals surface area contributed by atoms with Crippen molar-refractivity contribution in [3.63, 3.8) is 0 Å². The summed E-state index contributed by atoms with van der Waals surface area (Å²) in [6, 6.07) is 0. The molecule has 14 heavy (non-hydrogen) atoms. The third-order valence-corrected chi connectivity index (χ3v) is 2.55. The molecule has 0 aromatic rings. The molecular formula is C7H11F3N2OS. The summed E-state index contributed by atoms with van der Waals surface area (Å²) in [4.78, 5) is 11.1. The highest BCUT2D eigenvalue weighted by Gasteiger charge is 2.28. The van der Waals surface area contributed by atoms with Gasteiger partial charge in [-0.15, -0.1) is 0 Å². The first-order valence-corrected chi connectivity index (χ1v) is 5.17. The van der Waals surface area contributed by atoms with Gasteiger partial charge in [-0.3, -0.25) is 4.79 Å². The molecule has 2 N–H and O–H groups in total. The van der Waals surface area contributed by atoms with Crippen molar-refractivity contribution in [3.8, 4) is 0 Å². The van der Waals surface area contributed by atoms with Gasteiger partial charge in [0.05, 0.1) is 5.92 Å². The van der Waals surface area contributed by atoms with Gasteiger partial charge in [0.1, 0.15) is 0 Å². The van der Waals surface area contributed by atoms with Crippen LogP contribution < -0.4 is 10.6 Å². The lowest BCUT2D eigenvalue weighted by molar-refractivity contribution is -0.126. The highest BCUT2D eigenvalue weighted by molar-refractivity contribution is 8.00. The number of nitrogens with one attached hydrogen (secondary N) is 2. The minimum absolute atomic E-state index is 0.0640. The minimum atomic E-state index is -4.21. The molecule has 7 heteroatoms. The zero-order chi connectivity index (χ0) is 10.6. The molecule has 0 radical (unpaired) electrons. The van der Waals surface area contributed by atoms with Crippen LogP contribution in [0.2, 0.25) is 0 Å². The van der Waals surface area contributed by atoms with E-state index in [0.717, 1.165) is 0 Å². The van der Waals surface area contributed by atoms with Gasteiger partial charge < -0.3 is 10.6 Å². The average Bonchev–Trinajstić information content (AvgIpc) is 1.92. The summed E-state index contributed by atoms with van der Waals surface area (Å²) in [6.45, 7) is 1.32. The lowest BCUT2D eigenvalue weighted by atomic mass is 10.0. The number of halogens is 3. The lowest BCUT2D eigenvalue weighted by Crippen LogP contribution is -2.51. The third kappa shape index (κ3) is 4.19. The van der Waals surface area contributed by atoms with E-state index in [0.29, 0.717) is 13.1 Å².